The molecule has 1 heterocycles. The molecule has 0 saturated carbocycles. The fraction of sp³-hybridized carbons (Fsp3) is 0.353. The highest BCUT2D eigenvalue weighted by atomic mass is 35.5. The molecule has 6 nitrogen and oxygen atoms in total. The van der Waals surface area contributed by atoms with Gasteiger partial charge in [0, 0.05) is 29.9 Å². The van der Waals surface area contributed by atoms with Gasteiger partial charge in [0.25, 0.3) is 11.5 Å². The Morgan fingerprint density at radius 2 is 1.92 bits per heavy atom. The molecule has 1 N–H and O–H groups in total. The quantitative estimate of drug-likeness (QED) is 0.866. The molecule has 24 heavy (non-hydrogen) atoms. The van der Waals surface area contributed by atoms with Crippen LogP contribution >= 0.6 is 11.6 Å². The minimum atomic E-state index is -0.256. The minimum Gasteiger partial charge on any atom is -0.484 e. The van der Waals surface area contributed by atoms with Crippen molar-refractivity contribution in [1.29, 1.82) is 0 Å². The second-order valence-electron chi connectivity index (χ2n) is 5.57. The summed E-state index contributed by atoms with van der Waals surface area (Å²) in [4.78, 5) is 27.6. The lowest BCUT2D eigenvalue weighted by Gasteiger charge is -2.11. The molecule has 0 aliphatic heterocycles. The monoisotopic (exact) mass is 349 g/mol. The molecule has 0 aliphatic carbocycles. The van der Waals surface area contributed by atoms with Crippen molar-refractivity contribution in [1.82, 2.24) is 14.9 Å². The van der Waals surface area contributed by atoms with E-state index in [1.54, 1.807) is 19.1 Å². The molecule has 1 amide bonds. The molecule has 7 heteroatoms. The predicted octanol–water partition coefficient (Wildman–Crippen LogP) is 2.02. The maximum Gasteiger partial charge on any atom is 0.258 e. The lowest BCUT2D eigenvalue weighted by atomic mass is 10.1. The van der Waals surface area contributed by atoms with Gasteiger partial charge in [0.2, 0.25) is 0 Å². The first-order valence-electron chi connectivity index (χ1n) is 7.56. The summed E-state index contributed by atoms with van der Waals surface area (Å²) in [5, 5.41) is 3.40. The van der Waals surface area contributed by atoms with Gasteiger partial charge in [-0.05, 0) is 44.0 Å². The third-order valence-electron chi connectivity index (χ3n) is 3.47. The van der Waals surface area contributed by atoms with Gasteiger partial charge in [-0.3, -0.25) is 14.2 Å². The first-order chi connectivity index (χ1) is 11.4. The third kappa shape index (κ3) is 4.83. The average molecular weight is 350 g/mol. The lowest BCUT2D eigenvalue weighted by Crippen LogP contribution is -2.33. The number of hydrogen-bond donors (Lipinski definition) is 1. The van der Waals surface area contributed by atoms with Crippen LogP contribution in [0.3, 0.4) is 0 Å². The van der Waals surface area contributed by atoms with Crippen molar-refractivity contribution in [2.45, 2.75) is 27.3 Å². The second kappa shape index (κ2) is 7.97. The van der Waals surface area contributed by atoms with E-state index in [4.69, 9.17) is 16.3 Å². The van der Waals surface area contributed by atoms with Crippen LogP contribution in [0.1, 0.15) is 16.8 Å². The third-order valence-corrected chi connectivity index (χ3v) is 4.07. The van der Waals surface area contributed by atoms with E-state index >= 15 is 0 Å². The summed E-state index contributed by atoms with van der Waals surface area (Å²) < 4.78 is 6.92. The normalized spacial score (nSPS) is 10.5. The first-order valence-corrected chi connectivity index (χ1v) is 7.94. The number of rotatable bonds is 6. The largest absolute Gasteiger partial charge is 0.484 e. The van der Waals surface area contributed by atoms with Crippen LogP contribution in [0, 0.1) is 20.8 Å². The highest BCUT2D eigenvalue weighted by Gasteiger charge is 2.06. The van der Waals surface area contributed by atoms with Gasteiger partial charge >= 0.3 is 0 Å². The van der Waals surface area contributed by atoms with Crippen LogP contribution in [0.4, 0.5) is 0 Å². The van der Waals surface area contributed by atoms with Crippen LogP contribution < -0.4 is 15.6 Å². The predicted molar refractivity (Wildman–Crippen MR) is 92.7 cm³/mol. The molecule has 0 bridgehead atoms. The summed E-state index contributed by atoms with van der Waals surface area (Å²) in [6, 6.07) is 5.04. The Kier molecular flexibility index (Phi) is 5.98. The number of nitrogens with zero attached hydrogens (tertiary/aromatic N) is 2. The van der Waals surface area contributed by atoms with E-state index in [2.05, 4.69) is 10.3 Å². The second-order valence-corrected chi connectivity index (χ2v) is 5.95. The van der Waals surface area contributed by atoms with E-state index < -0.39 is 0 Å². The van der Waals surface area contributed by atoms with Gasteiger partial charge in [-0.25, -0.2) is 4.98 Å². The molecule has 1 aromatic heterocycles. The van der Waals surface area contributed by atoms with Gasteiger partial charge in [0.05, 0.1) is 6.33 Å². The summed E-state index contributed by atoms with van der Waals surface area (Å²) in [6.45, 7) is 6.11. The Hall–Kier alpha value is -2.34. The zero-order chi connectivity index (χ0) is 17.7. The van der Waals surface area contributed by atoms with Crippen molar-refractivity contribution in [3.63, 3.8) is 0 Å². The van der Waals surface area contributed by atoms with Gasteiger partial charge in [0.15, 0.2) is 6.61 Å². The highest BCUT2D eigenvalue weighted by molar-refractivity contribution is 6.32. The summed E-state index contributed by atoms with van der Waals surface area (Å²) >= 11 is 6.09. The molecule has 0 spiro atoms. The molecule has 0 saturated heterocycles. The number of aromatic nitrogens is 2. The van der Waals surface area contributed by atoms with Crippen molar-refractivity contribution < 1.29 is 9.53 Å². The topological polar surface area (TPSA) is 73.2 Å². The van der Waals surface area contributed by atoms with Gasteiger partial charge in [0.1, 0.15) is 5.75 Å². The molecule has 0 unspecified atom stereocenters. The molecule has 0 atom stereocenters. The molecule has 0 radical (unpaired) electrons. The molecular formula is C17H20ClN3O3. The van der Waals surface area contributed by atoms with Crippen LogP contribution in [0.5, 0.6) is 5.75 Å². The Morgan fingerprint density at radius 1 is 1.25 bits per heavy atom. The van der Waals surface area contributed by atoms with Gasteiger partial charge in [-0.2, -0.15) is 0 Å². The fourth-order valence-electron chi connectivity index (χ4n) is 2.19. The lowest BCUT2D eigenvalue weighted by molar-refractivity contribution is -0.123. The van der Waals surface area contributed by atoms with Crippen molar-refractivity contribution >= 4 is 17.5 Å². The number of ether oxygens (including phenoxy) is 1. The van der Waals surface area contributed by atoms with Gasteiger partial charge in [-0.15, -0.1) is 0 Å². The Balaban J connectivity index is 1.80. The number of hydrogen-bond acceptors (Lipinski definition) is 4. The van der Waals surface area contributed by atoms with Gasteiger partial charge < -0.3 is 10.1 Å². The number of amides is 1. The molecule has 0 aliphatic rings. The number of nitrogens with one attached hydrogen (secondary N) is 1. The van der Waals surface area contributed by atoms with Gasteiger partial charge in [-0.1, -0.05) is 11.6 Å². The van der Waals surface area contributed by atoms with E-state index in [1.165, 1.54) is 17.0 Å². The molecule has 1 aromatic carbocycles. The SMILES string of the molecule is Cc1cc(=O)n(CCNC(=O)COc2cc(C)c(Cl)c(C)c2)cn1. The van der Waals surface area contributed by atoms with Crippen molar-refractivity contribution in [3.8, 4) is 5.75 Å². The Bertz CT molecular complexity index is 779. The Morgan fingerprint density at radius 3 is 2.54 bits per heavy atom. The van der Waals surface area contributed by atoms with Crippen LogP contribution in [0.25, 0.3) is 0 Å². The molecule has 0 fully saturated rings. The zero-order valence-corrected chi connectivity index (χ0v) is 14.7. The Labute approximate surface area is 145 Å². The average Bonchev–Trinajstić information content (AvgIpc) is 2.52. The number of halogens is 1. The number of carbonyl (C=O) groups is 1. The van der Waals surface area contributed by atoms with Crippen molar-refractivity contribution in [2.24, 2.45) is 0 Å². The van der Waals surface area contributed by atoms with E-state index in [0.717, 1.165) is 11.1 Å². The number of aryl methyl sites for hydroxylation is 3. The maximum atomic E-state index is 11.8. The van der Waals surface area contributed by atoms with Crippen LogP contribution in [0.15, 0.2) is 29.3 Å². The number of carbonyl (C=O) groups excluding carboxylic acids is 1. The summed E-state index contributed by atoms with van der Waals surface area (Å²) in [5.74, 6) is 0.344. The van der Waals surface area contributed by atoms with Crippen LogP contribution in [-0.4, -0.2) is 28.6 Å². The summed E-state index contributed by atoms with van der Waals surface area (Å²) in [5.41, 5.74) is 2.33. The minimum absolute atomic E-state index is 0.0957. The van der Waals surface area contributed by atoms with E-state index in [0.29, 0.717) is 29.6 Å². The smallest absolute Gasteiger partial charge is 0.258 e. The molecule has 2 rings (SSSR count). The number of benzene rings is 1. The summed E-state index contributed by atoms with van der Waals surface area (Å²) in [6.07, 6.45) is 1.47. The molecule has 128 valence electrons. The standard InChI is InChI=1S/C17H20ClN3O3/c1-11-6-14(7-12(2)17(11)18)24-9-15(22)19-4-5-21-10-20-13(3)8-16(21)23/h6-8,10H,4-5,9H2,1-3H3,(H,19,22). The molecular weight excluding hydrogens is 330 g/mol. The maximum absolute atomic E-state index is 11.8. The first kappa shape index (κ1) is 18.0. The van der Waals surface area contributed by atoms with Crippen molar-refractivity contribution in [2.75, 3.05) is 13.2 Å². The van der Waals surface area contributed by atoms with E-state index in [1.807, 2.05) is 13.8 Å². The van der Waals surface area contributed by atoms with E-state index in [9.17, 15) is 9.59 Å². The molecule has 2 aromatic rings. The summed E-state index contributed by atoms with van der Waals surface area (Å²) in [7, 11) is 0. The highest BCUT2D eigenvalue weighted by Crippen LogP contribution is 2.25. The zero-order valence-electron chi connectivity index (χ0n) is 13.9. The van der Waals surface area contributed by atoms with Crippen LogP contribution in [-0.2, 0) is 11.3 Å². The van der Waals surface area contributed by atoms with Crippen molar-refractivity contribution in [3.05, 3.63) is 56.7 Å². The van der Waals surface area contributed by atoms with Crippen LogP contribution in [0.2, 0.25) is 5.02 Å². The van der Waals surface area contributed by atoms with E-state index in [-0.39, 0.29) is 18.1 Å². The fourth-order valence-corrected chi connectivity index (χ4v) is 2.30.